The van der Waals surface area contributed by atoms with E-state index < -0.39 is 5.97 Å². The quantitative estimate of drug-likeness (QED) is 0.791. The summed E-state index contributed by atoms with van der Waals surface area (Å²) in [7, 11) is 0. The molecule has 0 amide bonds. The number of carboxylic acids is 1. The summed E-state index contributed by atoms with van der Waals surface area (Å²) >= 11 is 0. The summed E-state index contributed by atoms with van der Waals surface area (Å²) in [6.07, 6.45) is 2.11. The van der Waals surface area contributed by atoms with Crippen molar-refractivity contribution >= 4 is 5.97 Å². The Labute approximate surface area is 104 Å². The number of hydrogen-bond donors (Lipinski definition) is 2. The molecule has 0 aliphatic carbocycles. The third-order valence-corrected chi connectivity index (χ3v) is 3.45. The van der Waals surface area contributed by atoms with Crippen LogP contribution in [-0.2, 0) is 4.79 Å². The summed E-state index contributed by atoms with van der Waals surface area (Å²) in [5, 5.41) is 12.2. The third kappa shape index (κ3) is 4.28. The number of rotatable bonds is 3. The fourth-order valence-corrected chi connectivity index (χ4v) is 2.92. The predicted octanol–water partition coefficient (Wildman–Crippen LogP) is 1.70. The molecule has 2 unspecified atom stereocenters. The van der Waals surface area contributed by atoms with Gasteiger partial charge in [0.15, 0.2) is 0 Å². The first-order valence-electron chi connectivity index (χ1n) is 6.53. The SMILES string of the molecule is CC1CCNCC(CCC(=O)O)N1C(C)(C)C. The van der Waals surface area contributed by atoms with E-state index in [1.165, 1.54) is 0 Å². The molecule has 2 N–H and O–H groups in total. The van der Waals surface area contributed by atoms with Gasteiger partial charge < -0.3 is 10.4 Å². The normalized spacial score (nSPS) is 27.8. The van der Waals surface area contributed by atoms with Crippen LogP contribution in [0.5, 0.6) is 0 Å². The molecule has 1 aliphatic rings. The minimum atomic E-state index is -0.698. The molecule has 17 heavy (non-hydrogen) atoms. The van der Waals surface area contributed by atoms with E-state index in [0.29, 0.717) is 12.1 Å². The molecular weight excluding hydrogens is 216 g/mol. The fourth-order valence-electron chi connectivity index (χ4n) is 2.92. The van der Waals surface area contributed by atoms with E-state index in [2.05, 4.69) is 37.9 Å². The van der Waals surface area contributed by atoms with Crippen LogP contribution in [0.25, 0.3) is 0 Å². The van der Waals surface area contributed by atoms with Gasteiger partial charge in [0.05, 0.1) is 0 Å². The Morgan fingerprint density at radius 1 is 1.47 bits per heavy atom. The largest absolute Gasteiger partial charge is 0.481 e. The van der Waals surface area contributed by atoms with Crippen LogP contribution < -0.4 is 5.32 Å². The van der Waals surface area contributed by atoms with Crippen LogP contribution in [0.3, 0.4) is 0 Å². The molecule has 100 valence electrons. The molecule has 0 radical (unpaired) electrons. The van der Waals surface area contributed by atoms with Crippen molar-refractivity contribution in [3.63, 3.8) is 0 Å². The van der Waals surface area contributed by atoms with E-state index in [9.17, 15) is 4.79 Å². The maximum absolute atomic E-state index is 10.7. The van der Waals surface area contributed by atoms with Crippen molar-refractivity contribution in [2.75, 3.05) is 13.1 Å². The average Bonchev–Trinajstić information content (AvgIpc) is 2.35. The first kappa shape index (κ1) is 14.5. The molecular formula is C13H26N2O2. The van der Waals surface area contributed by atoms with Crippen LogP contribution in [0, 0.1) is 0 Å². The fraction of sp³-hybridized carbons (Fsp3) is 0.923. The van der Waals surface area contributed by atoms with Crippen molar-refractivity contribution in [3.8, 4) is 0 Å². The Morgan fingerprint density at radius 3 is 2.65 bits per heavy atom. The van der Waals surface area contributed by atoms with Gasteiger partial charge in [-0.15, -0.1) is 0 Å². The molecule has 1 fully saturated rings. The highest BCUT2D eigenvalue weighted by molar-refractivity contribution is 5.66. The number of hydrogen-bond acceptors (Lipinski definition) is 3. The van der Waals surface area contributed by atoms with Gasteiger partial charge in [0, 0.05) is 30.6 Å². The molecule has 2 atom stereocenters. The number of carbonyl (C=O) groups is 1. The summed E-state index contributed by atoms with van der Waals surface area (Å²) in [6, 6.07) is 0.826. The van der Waals surface area contributed by atoms with Crippen LogP contribution in [-0.4, -0.2) is 46.7 Å². The molecule has 1 heterocycles. The number of nitrogens with zero attached hydrogens (tertiary/aromatic N) is 1. The standard InChI is InChI=1S/C13H26N2O2/c1-10-7-8-14-9-11(5-6-12(16)17)15(10)13(2,3)4/h10-11,14H,5-9H2,1-4H3,(H,16,17). The summed E-state index contributed by atoms with van der Waals surface area (Å²) in [6.45, 7) is 10.8. The minimum Gasteiger partial charge on any atom is -0.481 e. The minimum absolute atomic E-state index is 0.0919. The predicted molar refractivity (Wildman–Crippen MR) is 69.2 cm³/mol. The smallest absolute Gasteiger partial charge is 0.303 e. The third-order valence-electron chi connectivity index (χ3n) is 3.45. The molecule has 4 heteroatoms. The Hall–Kier alpha value is -0.610. The molecule has 0 saturated carbocycles. The molecule has 1 saturated heterocycles. The Kier molecular flexibility index (Phi) is 4.95. The van der Waals surface area contributed by atoms with Gasteiger partial charge in [-0.2, -0.15) is 0 Å². The van der Waals surface area contributed by atoms with Gasteiger partial charge in [-0.05, 0) is 47.1 Å². The topological polar surface area (TPSA) is 52.6 Å². The van der Waals surface area contributed by atoms with Crippen molar-refractivity contribution in [2.45, 2.75) is 64.6 Å². The molecule has 1 aliphatic heterocycles. The van der Waals surface area contributed by atoms with Crippen LogP contribution >= 0.6 is 0 Å². The summed E-state index contributed by atoms with van der Waals surface area (Å²) in [5.74, 6) is -0.698. The van der Waals surface area contributed by atoms with Gasteiger partial charge in [-0.3, -0.25) is 9.69 Å². The maximum atomic E-state index is 10.7. The van der Waals surface area contributed by atoms with Crippen molar-refractivity contribution in [3.05, 3.63) is 0 Å². The van der Waals surface area contributed by atoms with E-state index in [-0.39, 0.29) is 12.0 Å². The summed E-state index contributed by atoms with van der Waals surface area (Å²) in [4.78, 5) is 13.2. The lowest BCUT2D eigenvalue weighted by atomic mass is 9.97. The molecule has 0 bridgehead atoms. The zero-order chi connectivity index (χ0) is 13.1. The number of aliphatic carboxylic acids is 1. The zero-order valence-electron chi connectivity index (χ0n) is 11.5. The molecule has 0 spiro atoms. The molecule has 0 aromatic rings. The van der Waals surface area contributed by atoms with Crippen molar-refractivity contribution in [1.29, 1.82) is 0 Å². The van der Waals surface area contributed by atoms with Gasteiger partial charge in [0.1, 0.15) is 0 Å². The van der Waals surface area contributed by atoms with E-state index in [0.717, 1.165) is 25.9 Å². The second-order valence-electron chi connectivity index (χ2n) is 6.01. The lowest BCUT2D eigenvalue weighted by molar-refractivity contribution is -0.137. The Morgan fingerprint density at radius 2 is 2.12 bits per heavy atom. The van der Waals surface area contributed by atoms with Crippen LogP contribution in [0.15, 0.2) is 0 Å². The highest BCUT2D eigenvalue weighted by atomic mass is 16.4. The maximum Gasteiger partial charge on any atom is 0.303 e. The van der Waals surface area contributed by atoms with Gasteiger partial charge in [0.2, 0.25) is 0 Å². The second-order valence-corrected chi connectivity index (χ2v) is 6.01. The van der Waals surface area contributed by atoms with Crippen LogP contribution in [0.1, 0.15) is 47.0 Å². The zero-order valence-corrected chi connectivity index (χ0v) is 11.5. The lowest BCUT2D eigenvalue weighted by Crippen LogP contribution is -2.53. The molecule has 1 rings (SSSR count). The Bertz CT molecular complexity index is 261. The lowest BCUT2D eigenvalue weighted by Gasteiger charge is -2.44. The van der Waals surface area contributed by atoms with Crippen LogP contribution in [0.4, 0.5) is 0 Å². The molecule has 0 aromatic heterocycles. The van der Waals surface area contributed by atoms with Gasteiger partial charge in [0.25, 0.3) is 0 Å². The van der Waals surface area contributed by atoms with E-state index in [4.69, 9.17) is 5.11 Å². The molecule has 4 nitrogen and oxygen atoms in total. The van der Waals surface area contributed by atoms with E-state index in [1.807, 2.05) is 0 Å². The number of carboxylic acid groups (broad SMARTS) is 1. The van der Waals surface area contributed by atoms with Crippen LogP contribution in [0.2, 0.25) is 0 Å². The first-order chi connectivity index (χ1) is 7.82. The average molecular weight is 242 g/mol. The van der Waals surface area contributed by atoms with Gasteiger partial charge in [-0.25, -0.2) is 0 Å². The van der Waals surface area contributed by atoms with Crippen molar-refractivity contribution < 1.29 is 9.90 Å². The van der Waals surface area contributed by atoms with E-state index in [1.54, 1.807) is 0 Å². The summed E-state index contributed by atoms with van der Waals surface area (Å²) in [5.41, 5.74) is 0.0919. The monoisotopic (exact) mass is 242 g/mol. The second kappa shape index (κ2) is 5.83. The van der Waals surface area contributed by atoms with Crippen molar-refractivity contribution in [1.82, 2.24) is 10.2 Å². The van der Waals surface area contributed by atoms with E-state index >= 15 is 0 Å². The van der Waals surface area contributed by atoms with Gasteiger partial charge >= 0.3 is 5.97 Å². The first-order valence-corrected chi connectivity index (χ1v) is 6.53. The highest BCUT2D eigenvalue weighted by Crippen LogP contribution is 2.25. The molecule has 0 aromatic carbocycles. The highest BCUT2D eigenvalue weighted by Gasteiger charge is 2.34. The Balaban J connectivity index is 2.76. The summed E-state index contributed by atoms with van der Waals surface area (Å²) < 4.78 is 0. The number of nitrogens with one attached hydrogen (secondary N) is 1. The van der Waals surface area contributed by atoms with Gasteiger partial charge in [-0.1, -0.05) is 0 Å². The van der Waals surface area contributed by atoms with Crippen molar-refractivity contribution in [2.24, 2.45) is 0 Å².